The fourth-order valence-electron chi connectivity index (χ4n) is 4.51. The normalized spacial score (nSPS) is 13.0. The Morgan fingerprint density at radius 2 is 1.83 bits per heavy atom. The number of fused-ring (bicyclic) bond motifs is 1. The Balaban J connectivity index is 1.71. The number of furan rings is 1. The number of nitrogens with zero attached hydrogens (tertiary/aromatic N) is 2. The van der Waals surface area contributed by atoms with Crippen molar-refractivity contribution in [3.8, 4) is 28.5 Å². The van der Waals surface area contributed by atoms with E-state index in [4.69, 9.17) is 23.6 Å². The number of carbonyl (C=O) groups excluding carboxylic acids is 1. The maximum Gasteiger partial charge on any atom is 0.257 e. The molecule has 0 aliphatic heterocycles. The van der Waals surface area contributed by atoms with Crippen LogP contribution in [0.15, 0.2) is 59.4 Å². The molecule has 180 valence electrons. The minimum Gasteiger partial charge on any atom is -0.493 e. The topological polar surface area (TPSA) is 74.0 Å². The lowest BCUT2D eigenvalue weighted by Gasteiger charge is -2.24. The van der Waals surface area contributed by atoms with Crippen LogP contribution in [0.2, 0.25) is 0 Å². The van der Waals surface area contributed by atoms with E-state index in [0.29, 0.717) is 29.4 Å². The molecule has 35 heavy (non-hydrogen) atoms. The van der Waals surface area contributed by atoms with Crippen molar-refractivity contribution in [2.75, 3.05) is 21.3 Å². The Bertz CT molecular complexity index is 1380. The highest BCUT2D eigenvalue weighted by atomic mass is 16.5. The van der Waals surface area contributed by atoms with E-state index >= 15 is 0 Å². The van der Waals surface area contributed by atoms with Crippen LogP contribution in [-0.2, 0) is 6.54 Å². The molecule has 2 aromatic carbocycles. The molecule has 5 rings (SSSR count). The van der Waals surface area contributed by atoms with Gasteiger partial charge in [-0.1, -0.05) is 24.3 Å². The first-order valence-electron chi connectivity index (χ1n) is 11.6. The Morgan fingerprint density at radius 3 is 2.46 bits per heavy atom. The third-order valence-corrected chi connectivity index (χ3v) is 6.46. The SMILES string of the molecule is COc1cc2nc(-c3ccccc3C)c(CN(C(=O)c3ccoc3)C3CC3)cc2c(OC)c1OC. The van der Waals surface area contributed by atoms with Gasteiger partial charge in [-0.3, -0.25) is 4.79 Å². The number of pyridine rings is 1. The number of ether oxygens (including phenoxy) is 3. The lowest BCUT2D eigenvalue weighted by atomic mass is 9.98. The van der Waals surface area contributed by atoms with Crippen molar-refractivity contribution in [2.45, 2.75) is 32.4 Å². The third kappa shape index (κ3) is 4.18. The van der Waals surface area contributed by atoms with Crippen molar-refractivity contribution in [2.24, 2.45) is 0 Å². The van der Waals surface area contributed by atoms with E-state index < -0.39 is 0 Å². The van der Waals surface area contributed by atoms with Crippen LogP contribution in [0.3, 0.4) is 0 Å². The summed E-state index contributed by atoms with van der Waals surface area (Å²) >= 11 is 0. The number of amides is 1. The number of methoxy groups -OCH3 is 3. The van der Waals surface area contributed by atoms with Gasteiger partial charge < -0.3 is 23.5 Å². The van der Waals surface area contributed by atoms with Gasteiger partial charge in [0, 0.05) is 29.6 Å². The van der Waals surface area contributed by atoms with Crippen LogP contribution < -0.4 is 14.2 Å². The Morgan fingerprint density at radius 1 is 1.06 bits per heavy atom. The summed E-state index contributed by atoms with van der Waals surface area (Å²) < 4.78 is 22.1. The smallest absolute Gasteiger partial charge is 0.257 e. The summed E-state index contributed by atoms with van der Waals surface area (Å²) in [6.45, 7) is 2.48. The number of hydrogen-bond donors (Lipinski definition) is 0. The van der Waals surface area contributed by atoms with Gasteiger partial charge in [-0.05, 0) is 43.0 Å². The summed E-state index contributed by atoms with van der Waals surface area (Å²) in [5.41, 5.74) is 5.15. The minimum atomic E-state index is -0.0450. The highest BCUT2D eigenvalue weighted by molar-refractivity contribution is 5.95. The number of rotatable bonds is 8. The molecule has 1 saturated carbocycles. The number of carbonyl (C=O) groups is 1. The Labute approximate surface area is 204 Å². The van der Waals surface area contributed by atoms with Crippen molar-refractivity contribution >= 4 is 16.8 Å². The lowest BCUT2D eigenvalue weighted by molar-refractivity contribution is 0.0729. The zero-order valence-corrected chi connectivity index (χ0v) is 20.3. The zero-order chi connectivity index (χ0) is 24.5. The zero-order valence-electron chi connectivity index (χ0n) is 20.3. The summed E-state index contributed by atoms with van der Waals surface area (Å²) in [7, 11) is 4.78. The molecule has 1 fully saturated rings. The van der Waals surface area contributed by atoms with Gasteiger partial charge in [-0.2, -0.15) is 0 Å². The predicted molar refractivity (Wildman–Crippen MR) is 133 cm³/mol. The van der Waals surface area contributed by atoms with Crippen LogP contribution in [0.5, 0.6) is 17.2 Å². The fraction of sp³-hybridized carbons (Fsp3) is 0.286. The molecule has 1 amide bonds. The lowest BCUT2D eigenvalue weighted by Crippen LogP contribution is -2.32. The molecule has 7 heteroatoms. The van der Waals surface area contributed by atoms with Crippen molar-refractivity contribution < 1.29 is 23.4 Å². The van der Waals surface area contributed by atoms with Gasteiger partial charge in [0.25, 0.3) is 5.91 Å². The van der Waals surface area contributed by atoms with Crippen LogP contribution in [0, 0.1) is 6.92 Å². The van der Waals surface area contributed by atoms with Gasteiger partial charge in [-0.25, -0.2) is 4.98 Å². The quantitative estimate of drug-likeness (QED) is 0.331. The molecule has 7 nitrogen and oxygen atoms in total. The molecule has 0 saturated heterocycles. The molecule has 0 spiro atoms. The largest absolute Gasteiger partial charge is 0.493 e. The van der Waals surface area contributed by atoms with E-state index in [1.165, 1.54) is 12.5 Å². The van der Waals surface area contributed by atoms with Gasteiger partial charge in [0.05, 0.1) is 44.4 Å². The maximum atomic E-state index is 13.4. The molecule has 0 atom stereocenters. The van der Waals surface area contributed by atoms with E-state index in [0.717, 1.165) is 46.1 Å². The Kier molecular flexibility index (Phi) is 6.07. The highest BCUT2D eigenvalue weighted by Gasteiger charge is 2.34. The molecule has 1 aliphatic carbocycles. The van der Waals surface area contributed by atoms with Gasteiger partial charge in [-0.15, -0.1) is 0 Å². The summed E-state index contributed by atoms with van der Waals surface area (Å²) in [6, 6.07) is 14.0. The molecule has 4 aromatic rings. The second kappa shape index (κ2) is 9.33. The van der Waals surface area contributed by atoms with Gasteiger partial charge in [0.15, 0.2) is 11.5 Å². The van der Waals surface area contributed by atoms with Crippen molar-refractivity contribution in [1.29, 1.82) is 0 Å². The van der Waals surface area contributed by atoms with Crippen LogP contribution in [0.1, 0.15) is 34.3 Å². The first-order valence-corrected chi connectivity index (χ1v) is 11.6. The van der Waals surface area contributed by atoms with Crippen molar-refractivity contribution in [3.05, 3.63) is 71.7 Å². The van der Waals surface area contributed by atoms with E-state index in [-0.39, 0.29) is 11.9 Å². The van der Waals surface area contributed by atoms with E-state index in [1.807, 2.05) is 23.1 Å². The highest BCUT2D eigenvalue weighted by Crippen LogP contribution is 2.44. The average Bonchev–Trinajstić information content (AvgIpc) is 3.57. The maximum absolute atomic E-state index is 13.4. The van der Waals surface area contributed by atoms with Gasteiger partial charge in [0.1, 0.15) is 6.26 Å². The molecule has 0 N–H and O–H groups in total. The molecule has 0 radical (unpaired) electrons. The monoisotopic (exact) mass is 472 g/mol. The number of benzene rings is 2. The van der Waals surface area contributed by atoms with Gasteiger partial charge >= 0.3 is 0 Å². The van der Waals surface area contributed by atoms with E-state index in [2.05, 4.69) is 25.1 Å². The van der Waals surface area contributed by atoms with Gasteiger partial charge in [0.2, 0.25) is 5.75 Å². The molecule has 2 heterocycles. The summed E-state index contributed by atoms with van der Waals surface area (Å²) in [5, 5.41) is 0.795. The predicted octanol–water partition coefficient (Wildman–Crippen LogP) is 5.63. The average molecular weight is 473 g/mol. The van der Waals surface area contributed by atoms with Crippen molar-refractivity contribution in [3.63, 3.8) is 0 Å². The summed E-state index contributed by atoms with van der Waals surface area (Å²) in [6.07, 6.45) is 5.00. The Hall–Kier alpha value is -4.00. The third-order valence-electron chi connectivity index (χ3n) is 6.46. The molecule has 1 aliphatic rings. The van der Waals surface area contributed by atoms with E-state index in [9.17, 15) is 4.79 Å². The van der Waals surface area contributed by atoms with Crippen LogP contribution in [0.4, 0.5) is 0 Å². The summed E-state index contributed by atoms with van der Waals surface area (Å²) in [5.74, 6) is 1.55. The number of aromatic nitrogens is 1. The standard InChI is InChI=1S/C28H28N2O5/c1-17-7-5-6-8-21(17)25-19(15-30(20-9-10-20)28(31)18-11-12-35-16-18)13-22-23(29-25)14-24(32-2)27(34-4)26(22)33-3/h5-8,11-14,16,20H,9-10,15H2,1-4H3. The summed E-state index contributed by atoms with van der Waals surface area (Å²) in [4.78, 5) is 20.4. The number of hydrogen-bond acceptors (Lipinski definition) is 6. The van der Waals surface area contributed by atoms with Crippen molar-refractivity contribution in [1.82, 2.24) is 9.88 Å². The second-order valence-electron chi connectivity index (χ2n) is 8.70. The first kappa shape index (κ1) is 22.8. The molecule has 0 unspecified atom stereocenters. The van der Waals surface area contributed by atoms with Crippen LogP contribution in [0.25, 0.3) is 22.2 Å². The van der Waals surface area contributed by atoms with Crippen LogP contribution >= 0.6 is 0 Å². The number of aryl methyl sites for hydroxylation is 1. The van der Waals surface area contributed by atoms with Crippen LogP contribution in [-0.4, -0.2) is 43.2 Å². The molecular weight excluding hydrogens is 444 g/mol. The first-order chi connectivity index (χ1) is 17.0. The minimum absolute atomic E-state index is 0.0450. The van der Waals surface area contributed by atoms with E-state index in [1.54, 1.807) is 27.4 Å². The second-order valence-corrected chi connectivity index (χ2v) is 8.70. The molecular formula is C28H28N2O5. The fourth-order valence-corrected chi connectivity index (χ4v) is 4.51. The molecule has 0 bridgehead atoms. The molecule has 2 aromatic heterocycles.